The summed E-state index contributed by atoms with van der Waals surface area (Å²) in [5, 5.41) is 3.54. The molecule has 0 spiro atoms. The predicted octanol–water partition coefficient (Wildman–Crippen LogP) is 3.86. The molecule has 2 aromatic rings. The molecule has 0 bridgehead atoms. The summed E-state index contributed by atoms with van der Waals surface area (Å²) in [6, 6.07) is 15.5. The molecule has 0 aliphatic carbocycles. The average molecular weight is 354 g/mol. The summed E-state index contributed by atoms with van der Waals surface area (Å²) in [6.07, 6.45) is 0. The number of para-hydroxylation sites is 1. The van der Waals surface area contributed by atoms with Crippen LogP contribution in [0.3, 0.4) is 0 Å². The Kier molecular flexibility index (Phi) is 5.47. The van der Waals surface area contributed by atoms with Crippen LogP contribution in [-0.4, -0.2) is 37.2 Å². The third-order valence-corrected chi connectivity index (χ3v) is 4.75. The zero-order valence-corrected chi connectivity index (χ0v) is 15.6. The fourth-order valence-corrected chi connectivity index (χ4v) is 3.38. The van der Waals surface area contributed by atoms with E-state index in [0.717, 1.165) is 17.0 Å². The monoisotopic (exact) mass is 354 g/mol. The topological polar surface area (TPSA) is 50.8 Å². The predicted molar refractivity (Wildman–Crippen MR) is 103 cm³/mol. The maximum atomic E-state index is 13.0. The summed E-state index contributed by atoms with van der Waals surface area (Å²) in [5.41, 5.74) is 1.98. The lowest BCUT2D eigenvalue weighted by atomic mass is 9.93. The lowest BCUT2D eigenvalue weighted by Crippen LogP contribution is -2.55. The summed E-state index contributed by atoms with van der Waals surface area (Å²) in [5.74, 6) is 0.837. The molecule has 1 unspecified atom stereocenters. The maximum Gasteiger partial charge on any atom is 0.258 e. The van der Waals surface area contributed by atoms with Crippen LogP contribution in [-0.2, 0) is 10.4 Å². The highest BCUT2D eigenvalue weighted by Gasteiger charge is 2.41. The fraction of sp³-hybridized carbons (Fsp3) is 0.381. The van der Waals surface area contributed by atoms with Gasteiger partial charge in [-0.05, 0) is 50.6 Å². The van der Waals surface area contributed by atoms with E-state index in [9.17, 15) is 4.79 Å². The summed E-state index contributed by atoms with van der Waals surface area (Å²) in [6.45, 7) is 8.40. The number of nitrogens with zero attached hydrogens (tertiary/aromatic N) is 1. The van der Waals surface area contributed by atoms with Gasteiger partial charge in [-0.25, -0.2) is 0 Å². The Morgan fingerprint density at radius 1 is 1.04 bits per heavy atom. The van der Waals surface area contributed by atoms with Gasteiger partial charge in [-0.15, -0.1) is 0 Å². The van der Waals surface area contributed by atoms with Crippen molar-refractivity contribution in [1.82, 2.24) is 4.90 Å². The van der Waals surface area contributed by atoms with Gasteiger partial charge in [0.1, 0.15) is 18.0 Å². The Bertz CT molecular complexity index is 760. The second kappa shape index (κ2) is 7.79. The molecule has 1 aliphatic heterocycles. The first-order chi connectivity index (χ1) is 12.6. The average Bonchev–Trinajstić information content (AvgIpc) is 2.66. The molecule has 0 saturated carbocycles. The molecule has 1 atom stereocenters. The number of carbonyl (C=O) groups excluding carboxylic acids is 1. The van der Waals surface area contributed by atoms with Crippen molar-refractivity contribution in [3.8, 4) is 5.75 Å². The van der Waals surface area contributed by atoms with Crippen molar-refractivity contribution in [2.24, 2.45) is 0 Å². The quantitative estimate of drug-likeness (QED) is 0.767. The standard InChI is InChI=1S/C21H26N2O3/c1-4-23-20(24)18-8-6-7-9-19(18)22-21(23,3)16-10-12-17(13-11-16)26-15-14-25-5-2/h6-13,22H,4-5,14-15H2,1-3H3. The number of carbonyl (C=O) groups is 1. The molecule has 5 nitrogen and oxygen atoms in total. The minimum atomic E-state index is -0.607. The molecule has 1 amide bonds. The summed E-state index contributed by atoms with van der Waals surface area (Å²) in [7, 11) is 0. The molecule has 3 rings (SSSR count). The molecule has 1 heterocycles. The smallest absolute Gasteiger partial charge is 0.258 e. The van der Waals surface area contributed by atoms with Gasteiger partial charge in [-0.1, -0.05) is 24.3 Å². The second-order valence-corrected chi connectivity index (χ2v) is 6.36. The summed E-state index contributed by atoms with van der Waals surface area (Å²) >= 11 is 0. The number of nitrogens with one attached hydrogen (secondary N) is 1. The number of benzene rings is 2. The first kappa shape index (κ1) is 18.3. The fourth-order valence-electron chi connectivity index (χ4n) is 3.38. The Morgan fingerprint density at radius 3 is 2.46 bits per heavy atom. The third-order valence-electron chi connectivity index (χ3n) is 4.75. The number of anilines is 1. The van der Waals surface area contributed by atoms with Crippen molar-refractivity contribution in [2.75, 3.05) is 31.7 Å². The highest BCUT2D eigenvalue weighted by atomic mass is 16.5. The van der Waals surface area contributed by atoms with Gasteiger partial charge in [0.15, 0.2) is 0 Å². The highest BCUT2D eigenvalue weighted by molar-refractivity contribution is 6.02. The molecule has 5 heteroatoms. The Morgan fingerprint density at radius 2 is 1.77 bits per heavy atom. The molecule has 26 heavy (non-hydrogen) atoms. The van der Waals surface area contributed by atoms with Crippen LogP contribution in [0, 0.1) is 0 Å². The van der Waals surface area contributed by atoms with Crippen LogP contribution in [0.25, 0.3) is 0 Å². The normalized spacial score (nSPS) is 19.0. The summed E-state index contributed by atoms with van der Waals surface area (Å²) < 4.78 is 11.0. The van der Waals surface area contributed by atoms with Crippen LogP contribution in [0.1, 0.15) is 36.7 Å². The molecule has 0 radical (unpaired) electrons. The van der Waals surface area contributed by atoms with Gasteiger partial charge in [0.25, 0.3) is 5.91 Å². The molecule has 0 aromatic heterocycles. The van der Waals surface area contributed by atoms with E-state index in [1.807, 2.05) is 74.2 Å². The van der Waals surface area contributed by atoms with Crippen LogP contribution < -0.4 is 10.1 Å². The van der Waals surface area contributed by atoms with Crippen molar-refractivity contribution < 1.29 is 14.3 Å². The van der Waals surface area contributed by atoms with Crippen molar-refractivity contribution in [3.63, 3.8) is 0 Å². The van der Waals surface area contributed by atoms with Crippen LogP contribution in [0.15, 0.2) is 48.5 Å². The molecule has 2 aromatic carbocycles. The van der Waals surface area contributed by atoms with Crippen LogP contribution >= 0.6 is 0 Å². The molecule has 0 fully saturated rings. The van der Waals surface area contributed by atoms with Crippen molar-refractivity contribution in [2.45, 2.75) is 26.4 Å². The molecule has 1 N–H and O–H groups in total. The molecular weight excluding hydrogens is 328 g/mol. The van der Waals surface area contributed by atoms with E-state index in [1.54, 1.807) is 0 Å². The largest absolute Gasteiger partial charge is 0.491 e. The van der Waals surface area contributed by atoms with Crippen molar-refractivity contribution in [3.05, 3.63) is 59.7 Å². The van der Waals surface area contributed by atoms with Gasteiger partial charge in [0, 0.05) is 18.8 Å². The van der Waals surface area contributed by atoms with E-state index in [-0.39, 0.29) is 5.91 Å². The zero-order valence-electron chi connectivity index (χ0n) is 15.6. The Balaban J connectivity index is 1.83. The Hall–Kier alpha value is -2.53. The van der Waals surface area contributed by atoms with Crippen LogP contribution in [0.2, 0.25) is 0 Å². The van der Waals surface area contributed by atoms with Gasteiger partial charge in [-0.2, -0.15) is 0 Å². The minimum Gasteiger partial charge on any atom is -0.491 e. The molecule has 0 saturated heterocycles. The highest BCUT2D eigenvalue weighted by Crippen LogP contribution is 2.37. The zero-order chi connectivity index (χ0) is 18.6. The van der Waals surface area contributed by atoms with Gasteiger partial charge in [-0.3, -0.25) is 4.79 Å². The Labute approximate surface area is 154 Å². The number of rotatable bonds is 7. The third kappa shape index (κ3) is 3.40. The van der Waals surface area contributed by atoms with Gasteiger partial charge in [0.2, 0.25) is 0 Å². The lowest BCUT2D eigenvalue weighted by molar-refractivity contribution is 0.0553. The molecule has 138 valence electrons. The number of ether oxygens (including phenoxy) is 2. The van der Waals surface area contributed by atoms with Crippen LogP contribution in [0.5, 0.6) is 5.75 Å². The van der Waals surface area contributed by atoms with E-state index in [4.69, 9.17) is 9.47 Å². The van der Waals surface area contributed by atoms with E-state index < -0.39 is 5.66 Å². The van der Waals surface area contributed by atoms with Crippen molar-refractivity contribution >= 4 is 11.6 Å². The van der Waals surface area contributed by atoms with Gasteiger partial charge in [0.05, 0.1) is 12.2 Å². The number of amides is 1. The SMILES string of the molecule is CCOCCOc1ccc(C2(C)Nc3ccccc3C(=O)N2CC)cc1. The summed E-state index contributed by atoms with van der Waals surface area (Å²) in [4.78, 5) is 14.8. The van der Waals surface area contributed by atoms with E-state index in [2.05, 4.69) is 5.32 Å². The first-order valence-corrected chi connectivity index (χ1v) is 9.10. The number of hydrogen-bond donors (Lipinski definition) is 1. The maximum absolute atomic E-state index is 13.0. The van der Waals surface area contributed by atoms with Gasteiger partial charge < -0.3 is 19.7 Å². The van der Waals surface area contributed by atoms with Crippen molar-refractivity contribution in [1.29, 1.82) is 0 Å². The molecule has 1 aliphatic rings. The van der Waals surface area contributed by atoms with E-state index >= 15 is 0 Å². The molecular formula is C21H26N2O3. The first-order valence-electron chi connectivity index (χ1n) is 9.10. The van der Waals surface area contributed by atoms with E-state index in [1.165, 1.54) is 0 Å². The minimum absolute atomic E-state index is 0.0430. The van der Waals surface area contributed by atoms with Gasteiger partial charge >= 0.3 is 0 Å². The van der Waals surface area contributed by atoms with E-state index in [0.29, 0.717) is 31.9 Å². The van der Waals surface area contributed by atoms with Crippen LogP contribution in [0.4, 0.5) is 5.69 Å². The second-order valence-electron chi connectivity index (χ2n) is 6.36. The number of hydrogen-bond acceptors (Lipinski definition) is 4. The number of fused-ring (bicyclic) bond motifs is 1. The lowest BCUT2D eigenvalue weighted by Gasteiger charge is -2.46.